The number of nitrogens with zero attached hydrogens (tertiary/aromatic N) is 3. The van der Waals surface area contributed by atoms with Crippen LogP contribution >= 0.6 is 15.9 Å². The van der Waals surface area contributed by atoms with E-state index in [0.717, 1.165) is 26.6 Å². The number of hydrogen-bond donors (Lipinski definition) is 2. The Balaban J connectivity index is 1.45. The lowest BCUT2D eigenvalue weighted by Gasteiger charge is -2.40. The molecule has 29 heavy (non-hydrogen) atoms. The van der Waals surface area contributed by atoms with Crippen LogP contribution in [0.4, 0.5) is 0 Å². The molecule has 2 N–H and O–H groups in total. The van der Waals surface area contributed by atoms with Gasteiger partial charge in [-0.15, -0.1) is 0 Å². The first-order valence-electron chi connectivity index (χ1n) is 9.23. The summed E-state index contributed by atoms with van der Waals surface area (Å²) in [5.74, 6) is -0.309. The van der Waals surface area contributed by atoms with Crippen LogP contribution in [0.2, 0.25) is 0 Å². The third-order valence-electron chi connectivity index (χ3n) is 5.47. The molecule has 2 aliphatic rings. The van der Waals surface area contributed by atoms with Crippen LogP contribution in [-0.4, -0.2) is 50.6 Å². The average molecular weight is 453 g/mol. The highest BCUT2D eigenvalue weighted by atomic mass is 79.9. The Morgan fingerprint density at radius 1 is 1.17 bits per heavy atom. The number of aromatic amines is 1. The van der Waals surface area contributed by atoms with Gasteiger partial charge in [0.25, 0.3) is 5.91 Å². The summed E-state index contributed by atoms with van der Waals surface area (Å²) in [6, 6.07) is 12.3. The highest BCUT2D eigenvalue weighted by molar-refractivity contribution is 9.10. The van der Waals surface area contributed by atoms with Crippen molar-refractivity contribution >= 4 is 44.9 Å². The molecule has 3 heterocycles. The van der Waals surface area contributed by atoms with Gasteiger partial charge in [-0.2, -0.15) is 5.10 Å². The van der Waals surface area contributed by atoms with Crippen LogP contribution in [0.1, 0.15) is 16.8 Å². The van der Waals surface area contributed by atoms with Gasteiger partial charge < -0.3 is 15.0 Å². The van der Waals surface area contributed by atoms with Crippen LogP contribution in [0.3, 0.4) is 0 Å². The predicted molar refractivity (Wildman–Crippen MR) is 111 cm³/mol. The van der Waals surface area contributed by atoms with E-state index in [-0.39, 0.29) is 24.1 Å². The van der Waals surface area contributed by atoms with Gasteiger partial charge in [0.1, 0.15) is 18.3 Å². The van der Waals surface area contributed by atoms with Crippen molar-refractivity contribution in [3.63, 3.8) is 0 Å². The number of phenolic OH excluding ortho intramolecular Hbond substituents is 1. The minimum Gasteiger partial charge on any atom is -0.507 e. The minimum absolute atomic E-state index is 0.0514. The number of hydrazone groups is 1. The van der Waals surface area contributed by atoms with Crippen molar-refractivity contribution < 1.29 is 14.7 Å². The van der Waals surface area contributed by atoms with Gasteiger partial charge in [0.05, 0.1) is 12.8 Å². The van der Waals surface area contributed by atoms with Crippen LogP contribution in [-0.2, 0) is 22.6 Å². The summed E-state index contributed by atoms with van der Waals surface area (Å²) in [4.78, 5) is 30.8. The van der Waals surface area contributed by atoms with Crippen molar-refractivity contribution in [2.45, 2.75) is 19.0 Å². The fourth-order valence-corrected chi connectivity index (χ4v) is 4.40. The maximum absolute atomic E-state index is 13.1. The molecule has 0 radical (unpaired) electrons. The van der Waals surface area contributed by atoms with E-state index in [9.17, 15) is 14.7 Å². The number of aromatic nitrogens is 1. The standard InChI is InChI=1S/C21H17BrN4O3/c22-13-5-6-19(27)12(7-13)9-23-26-11-20(28)25-10-17-15(8-18(25)21(26)29)14-3-1-2-4-16(14)24-17/h1-7,9,18,24,27H,8,10-11H2/t18-/m1/s1. The van der Waals surface area contributed by atoms with E-state index in [1.165, 1.54) is 17.3 Å². The molecule has 0 bridgehead atoms. The lowest BCUT2D eigenvalue weighted by atomic mass is 9.94. The Kier molecular flexibility index (Phi) is 4.16. The van der Waals surface area contributed by atoms with Gasteiger partial charge in [0, 0.05) is 33.1 Å². The zero-order valence-corrected chi connectivity index (χ0v) is 16.9. The Labute approximate surface area is 174 Å². The number of benzene rings is 2. The third kappa shape index (κ3) is 3.00. The average Bonchev–Trinajstić information content (AvgIpc) is 3.08. The number of nitrogens with one attached hydrogen (secondary N) is 1. The van der Waals surface area contributed by atoms with E-state index in [2.05, 4.69) is 26.0 Å². The number of carbonyl (C=O) groups is 2. The van der Waals surface area contributed by atoms with Crippen LogP contribution in [0.25, 0.3) is 10.9 Å². The van der Waals surface area contributed by atoms with Crippen molar-refractivity contribution in [3.8, 4) is 5.75 Å². The highest BCUT2D eigenvalue weighted by Crippen LogP contribution is 2.32. The molecule has 7 nitrogen and oxygen atoms in total. The highest BCUT2D eigenvalue weighted by Gasteiger charge is 2.43. The maximum atomic E-state index is 13.1. The summed E-state index contributed by atoms with van der Waals surface area (Å²) in [7, 11) is 0. The van der Waals surface area contributed by atoms with Crippen LogP contribution in [0.15, 0.2) is 52.0 Å². The van der Waals surface area contributed by atoms with Gasteiger partial charge in [-0.25, -0.2) is 5.01 Å². The molecule has 1 atom stereocenters. The first-order valence-corrected chi connectivity index (χ1v) is 10.0. The van der Waals surface area contributed by atoms with Crippen molar-refractivity contribution in [2.75, 3.05) is 6.54 Å². The number of H-pyrrole nitrogens is 1. The van der Waals surface area contributed by atoms with Gasteiger partial charge >= 0.3 is 0 Å². The predicted octanol–water partition coefficient (Wildman–Crippen LogP) is 2.77. The normalized spacial score (nSPS) is 19.1. The van der Waals surface area contributed by atoms with E-state index in [4.69, 9.17) is 0 Å². The first kappa shape index (κ1) is 17.9. The number of halogens is 1. The zero-order chi connectivity index (χ0) is 20.1. The van der Waals surface area contributed by atoms with Crippen molar-refractivity contribution in [3.05, 3.63) is 63.8 Å². The topological polar surface area (TPSA) is 89.0 Å². The van der Waals surface area contributed by atoms with Crippen molar-refractivity contribution in [1.82, 2.24) is 14.9 Å². The van der Waals surface area contributed by atoms with Crippen LogP contribution < -0.4 is 0 Å². The summed E-state index contributed by atoms with van der Waals surface area (Å²) < 4.78 is 0.781. The number of aromatic hydroxyl groups is 1. The Morgan fingerprint density at radius 3 is 2.86 bits per heavy atom. The van der Waals surface area contributed by atoms with E-state index >= 15 is 0 Å². The fraction of sp³-hybridized carbons (Fsp3) is 0.190. The first-order chi connectivity index (χ1) is 14.0. The molecule has 1 saturated heterocycles. The maximum Gasteiger partial charge on any atom is 0.266 e. The molecule has 0 spiro atoms. The molecule has 2 aromatic carbocycles. The zero-order valence-electron chi connectivity index (χ0n) is 15.3. The largest absolute Gasteiger partial charge is 0.507 e. The van der Waals surface area contributed by atoms with Gasteiger partial charge in [0.2, 0.25) is 5.91 Å². The number of phenols is 1. The molecule has 0 aliphatic carbocycles. The fourth-order valence-electron chi connectivity index (χ4n) is 4.02. The van der Waals surface area contributed by atoms with Crippen molar-refractivity contribution in [1.29, 1.82) is 0 Å². The van der Waals surface area contributed by atoms with E-state index in [1.54, 1.807) is 17.0 Å². The van der Waals surface area contributed by atoms with Crippen molar-refractivity contribution in [2.24, 2.45) is 5.10 Å². The number of para-hydroxylation sites is 1. The van der Waals surface area contributed by atoms with Gasteiger partial charge in [0.15, 0.2) is 0 Å². The summed E-state index contributed by atoms with van der Waals surface area (Å²) in [5, 5.41) is 16.5. The minimum atomic E-state index is -0.573. The molecule has 2 amide bonds. The third-order valence-corrected chi connectivity index (χ3v) is 5.97. The van der Waals surface area contributed by atoms with Gasteiger partial charge in [-0.3, -0.25) is 9.59 Å². The molecule has 1 aromatic heterocycles. The number of hydrogen-bond acceptors (Lipinski definition) is 4. The summed E-state index contributed by atoms with van der Waals surface area (Å²) in [5.41, 5.74) is 3.54. The van der Waals surface area contributed by atoms with Gasteiger partial charge in [-0.05, 0) is 29.8 Å². The molecular weight excluding hydrogens is 436 g/mol. The second kappa shape index (κ2) is 6.73. The van der Waals surface area contributed by atoms with Crippen LogP contribution in [0.5, 0.6) is 5.75 Å². The number of piperazine rings is 1. The van der Waals surface area contributed by atoms with E-state index < -0.39 is 6.04 Å². The van der Waals surface area contributed by atoms with Crippen LogP contribution in [0, 0.1) is 0 Å². The Hall–Kier alpha value is -3.13. The number of rotatable bonds is 2. The smallest absolute Gasteiger partial charge is 0.266 e. The Bertz CT molecular complexity index is 1190. The number of amides is 2. The lowest BCUT2D eigenvalue weighted by molar-refractivity contribution is -0.157. The molecule has 2 aliphatic heterocycles. The second-order valence-electron chi connectivity index (χ2n) is 7.21. The molecule has 8 heteroatoms. The van der Waals surface area contributed by atoms with E-state index in [1.807, 2.05) is 24.3 Å². The molecule has 1 fully saturated rings. The van der Waals surface area contributed by atoms with Gasteiger partial charge in [-0.1, -0.05) is 34.1 Å². The monoisotopic (exact) mass is 452 g/mol. The lowest BCUT2D eigenvalue weighted by Crippen LogP contribution is -2.60. The summed E-state index contributed by atoms with van der Waals surface area (Å²) >= 11 is 3.34. The molecule has 0 unspecified atom stereocenters. The molecule has 0 saturated carbocycles. The quantitative estimate of drug-likeness (QED) is 0.585. The number of fused-ring (bicyclic) bond motifs is 4. The Morgan fingerprint density at radius 2 is 2.00 bits per heavy atom. The number of carbonyl (C=O) groups excluding carboxylic acids is 2. The summed E-state index contributed by atoms with van der Waals surface area (Å²) in [6.07, 6.45) is 1.86. The molecule has 5 rings (SSSR count). The molecule has 146 valence electrons. The SMILES string of the molecule is O=C1[C@H]2Cc3c([nH]c4ccccc34)CN2C(=O)CN1N=Cc1cc(Br)ccc1O. The molecular formula is C21H17BrN4O3. The molecule has 3 aromatic rings. The van der Waals surface area contributed by atoms with E-state index in [0.29, 0.717) is 18.5 Å². The second-order valence-corrected chi connectivity index (χ2v) is 8.13. The summed E-state index contributed by atoms with van der Waals surface area (Å²) in [6.45, 7) is 0.277.